The van der Waals surface area contributed by atoms with Crippen LogP contribution < -0.4 is 35.5 Å². The van der Waals surface area contributed by atoms with Gasteiger partial charge < -0.3 is 40.6 Å². The molecule has 1 fully saturated rings. The molecule has 1 saturated carbocycles. The maximum Gasteiger partial charge on any atom is 0.310 e. The molecule has 0 bridgehead atoms. The molecule has 0 spiro atoms. The Kier molecular flexibility index (Phi) is 14.9. The molecule has 16 nitrogen and oxygen atoms in total. The zero-order valence-electron chi connectivity index (χ0n) is 35.2. The fourth-order valence-corrected chi connectivity index (χ4v) is 7.01. The summed E-state index contributed by atoms with van der Waals surface area (Å²) >= 11 is 0. The zero-order chi connectivity index (χ0) is 44.3. The van der Waals surface area contributed by atoms with Gasteiger partial charge in [0.05, 0.1) is 42.7 Å². The molecule has 6 rings (SSSR count). The lowest BCUT2D eigenvalue weighted by molar-refractivity contribution is -0.385. The highest BCUT2D eigenvalue weighted by molar-refractivity contribution is 6.08. The standard InChI is InChI=1S/C46H52N6O10/c1-27(2)25-61-40-20-30(44(55)48-34-13-8-29(9-14-34)43(54)49-36-7-5-6-33-23-47-24-35(33)36)10-15-37(40)50-45(56)31-11-16-38(41(21-31)62-26-28(3)4)51-46(57)32-12-17-39(52(58)59)42(22-32)60-19-18-53/h5-7,10-12,15-17,20-23,27-29,34,53H,8-9,13-14,18-19,24-26H2,1-4H3,(H,48,55)(H,49,54)(H,50,56)(H,51,57). The molecule has 62 heavy (non-hydrogen) atoms. The average Bonchev–Trinajstić information content (AvgIpc) is 3.75. The molecule has 4 aromatic carbocycles. The van der Waals surface area contributed by atoms with E-state index in [9.17, 15) is 29.3 Å². The number of carbonyl (C=O) groups excluding carboxylic acids is 4. The predicted molar refractivity (Wildman–Crippen MR) is 235 cm³/mol. The number of ether oxygens (including phenoxy) is 3. The Labute approximate surface area is 359 Å². The monoisotopic (exact) mass is 848 g/mol. The zero-order valence-corrected chi connectivity index (χ0v) is 35.2. The molecule has 4 aromatic rings. The van der Waals surface area contributed by atoms with Crippen LogP contribution in [0.1, 0.15) is 95.6 Å². The lowest BCUT2D eigenvalue weighted by Crippen LogP contribution is -2.39. The van der Waals surface area contributed by atoms with Gasteiger partial charge in [0.1, 0.15) is 18.1 Å². The molecular formula is C46H52N6O10. The van der Waals surface area contributed by atoms with Gasteiger partial charge in [0, 0.05) is 58.2 Å². The van der Waals surface area contributed by atoms with Crippen molar-refractivity contribution < 1.29 is 43.4 Å². The van der Waals surface area contributed by atoms with Crippen molar-refractivity contribution in [3.63, 3.8) is 0 Å². The van der Waals surface area contributed by atoms with E-state index < -0.39 is 16.7 Å². The van der Waals surface area contributed by atoms with E-state index in [4.69, 9.17) is 19.3 Å². The summed E-state index contributed by atoms with van der Waals surface area (Å²) in [6.07, 6.45) is 4.38. The highest BCUT2D eigenvalue weighted by Crippen LogP contribution is 2.33. The van der Waals surface area contributed by atoms with Gasteiger partial charge >= 0.3 is 5.69 Å². The highest BCUT2D eigenvalue weighted by Gasteiger charge is 2.29. The molecule has 326 valence electrons. The molecule has 5 N–H and O–H groups in total. The van der Waals surface area contributed by atoms with E-state index >= 15 is 0 Å². The van der Waals surface area contributed by atoms with E-state index in [1.165, 1.54) is 30.3 Å². The fraction of sp³-hybridized carbons (Fsp3) is 0.370. The number of rotatable bonds is 18. The van der Waals surface area contributed by atoms with E-state index in [1.54, 1.807) is 18.2 Å². The van der Waals surface area contributed by atoms with E-state index in [0.717, 1.165) is 22.9 Å². The van der Waals surface area contributed by atoms with Crippen LogP contribution in [0.2, 0.25) is 0 Å². The van der Waals surface area contributed by atoms with Crippen molar-refractivity contribution in [2.75, 3.05) is 42.4 Å². The molecule has 0 unspecified atom stereocenters. The number of carbonyl (C=O) groups is 4. The number of benzene rings is 4. The van der Waals surface area contributed by atoms with Gasteiger partial charge in [0.25, 0.3) is 17.7 Å². The quantitative estimate of drug-likeness (QED) is 0.0493. The summed E-state index contributed by atoms with van der Waals surface area (Å²) in [5.74, 6) is -1.00. The van der Waals surface area contributed by atoms with Crippen molar-refractivity contribution in [2.24, 2.45) is 22.7 Å². The number of nitro benzene ring substituents is 1. The third-order valence-corrected chi connectivity index (χ3v) is 10.3. The molecule has 0 atom stereocenters. The van der Waals surface area contributed by atoms with Gasteiger partial charge in [-0.05, 0) is 91.6 Å². The van der Waals surface area contributed by atoms with Gasteiger partial charge in [-0.25, -0.2) is 0 Å². The topological polar surface area (TPSA) is 220 Å². The maximum absolute atomic E-state index is 13.8. The van der Waals surface area contributed by atoms with Gasteiger partial charge in [0.2, 0.25) is 5.91 Å². The number of nitrogens with one attached hydrogen (secondary N) is 4. The smallest absolute Gasteiger partial charge is 0.310 e. The van der Waals surface area contributed by atoms with Crippen LogP contribution in [0.25, 0.3) is 0 Å². The molecule has 2 aliphatic rings. The van der Waals surface area contributed by atoms with Crippen LogP contribution in [0.3, 0.4) is 0 Å². The predicted octanol–water partition coefficient (Wildman–Crippen LogP) is 7.40. The van der Waals surface area contributed by atoms with E-state index in [0.29, 0.717) is 55.8 Å². The normalized spacial score (nSPS) is 15.4. The van der Waals surface area contributed by atoms with Crippen molar-refractivity contribution in [1.29, 1.82) is 0 Å². The van der Waals surface area contributed by atoms with Crippen LogP contribution in [0.5, 0.6) is 17.2 Å². The minimum atomic E-state index is -0.647. The largest absolute Gasteiger partial charge is 0.491 e. The molecule has 1 heterocycles. The van der Waals surface area contributed by atoms with E-state index in [1.807, 2.05) is 52.1 Å². The molecule has 0 aromatic heterocycles. The first kappa shape index (κ1) is 44.7. The van der Waals surface area contributed by atoms with Crippen molar-refractivity contribution in [1.82, 2.24) is 5.32 Å². The number of hydrogen-bond acceptors (Lipinski definition) is 11. The van der Waals surface area contributed by atoms with Crippen molar-refractivity contribution in [2.45, 2.75) is 66.0 Å². The summed E-state index contributed by atoms with van der Waals surface area (Å²) in [6.45, 7) is 8.42. The van der Waals surface area contributed by atoms with Crippen molar-refractivity contribution >= 4 is 52.6 Å². The molecule has 16 heteroatoms. The van der Waals surface area contributed by atoms with E-state index in [-0.39, 0.29) is 89.4 Å². The summed E-state index contributed by atoms with van der Waals surface area (Å²) in [5, 5.41) is 32.5. The van der Waals surface area contributed by atoms with Crippen LogP contribution in [-0.4, -0.2) is 72.3 Å². The summed E-state index contributed by atoms with van der Waals surface area (Å²) in [6, 6.07) is 18.7. The van der Waals surface area contributed by atoms with E-state index in [2.05, 4.69) is 26.3 Å². The lowest BCUT2D eigenvalue weighted by atomic mass is 9.85. The SMILES string of the molecule is CC(C)COc1cc(C(=O)Nc2ccc(C(=O)NC3CCC(C(=O)Nc4cccc5c4CN=C5)CC3)cc2OCC(C)C)ccc1NC(=O)c1ccc([N+](=O)[O-])c(OCCO)c1. The lowest BCUT2D eigenvalue weighted by Gasteiger charge is -2.28. The molecule has 1 aliphatic carbocycles. The Morgan fingerprint density at radius 1 is 0.726 bits per heavy atom. The fourth-order valence-electron chi connectivity index (χ4n) is 7.01. The minimum absolute atomic E-state index is 0.0259. The first-order valence-corrected chi connectivity index (χ1v) is 20.7. The molecule has 1 aliphatic heterocycles. The Hall–Kier alpha value is -6.81. The Balaban J connectivity index is 1.11. The third kappa shape index (κ3) is 11.5. The van der Waals surface area contributed by atoms with Gasteiger partial charge in [-0.1, -0.05) is 39.8 Å². The number of nitro groups is 1. The summed E-state index contributed by atoms with van der Waals surface area (Å²) < 4.78 is 17.4. The first-order chi connectivity index (χ1) is 29.8. The number of fused-ring (bicyclic) bond motifs is 1. The second kappa shape index (κ2) is 20.6. The van der Waals surface area contributed by atoms with Crippen LogP contribution >= 0.6 is 0 Å². The van der Waals surface area contributed by atoms with Gasteiger partial charge in [-0.2, -0.15) is 0 Å². The number of aliphatic hydroxyl groups is 1. The van der Waals surface area contributed by atoms with Crippen LogP contribution in [0.4, 0.5) is 22.7 Å². The van der Waals surface area contributed by atoms with Gasteiger partial charge in [0.15, 0.2) is 5.75 Å². The van der Waals surface area contributed by atoms with Gasteiger partial charge in [-0.3, -0.25) is 34.3 Å². The number of aliphatic hydroxyl groups excluding tert-OH is 1. The van der Waals surface area contributed by atoms with Crippen molar-refractivity contribution in [3.8, 4) is 17.2 Å². The Morgan fingerprint density at radius 2 is 1.29 bits per heavy atom. The van der Waals surface area contributed by atoms with Crippen LogP contribution in [0, 0.1) is 27.9 Å². The second-order valence-corrected chi connectivity index (χ2v) is 16.1. The number of nitrogens with zero attached hydrogens (tertiary/aromatic N) is 2. The molecule has 0 saturated heterocycles. The van der Waals surface area contributed by atoms with Crippen molar-refractivity contribution in [3.05, 3.63) is 111 Å². The van der Waals surface area contributed by atoms with Crippen LogP contribution in [-0.2, 0) is 11.3 Å². The highest BCUT2D eigenvalue weighted by atomic mass is 16.6. The number of anilines is 3. The number of aliphatic imine (C=N–C) groups is 1. The first-order valence-electron chi connectivity index (χ1n) is 20.7. The molecule has 0 radical (unpaired) electrons. The minimum Gasteiger partial charge on any atom is -0.491 e. The molecule has 4 amide bonds. The van der Waals surface area contributed by atoms with Crippen LogP contribution in [0.15, 0.2) is 77.8 Å². The summed E-state index contributed by atoms with van der Waals surface area (Å²) in [7, 11) is 0. The Morgan fingerprint density at radius 3 is 1.85 bits per heavy atom. The number of amides is 4. The maximum atomic E-state index is 13.8. The number of hydrogen-bond donors (Lipinski definition) is 5. The Bertz CT molecular complexity index is 2340. The molecular weight excluding hydrogens is 797 g/mol. The van der Waals surface area contributed by atoms with Gasteiger partial charge in [-0.15, -0.1) is 0 Å². The second-order valence-electron chi connectivity index (χ2n) is 16.1. The summed E-state index contributed by atoms with van der Waals surface area (Å²) in [5.41, 5.74) is 3.68. The average molecular weight is 849 g/mol. The third-order valence-electron chi connectivity index (χ3n) is 10.3. The summed E-state index contributed by atoms with van der Waals surface area (Å²) in [4.78, 5) is 69.0.